The Balaban J connectivity index is 1.60. The molecule has 0 aliphatic heterocycles. The summed E-state index contributed by atoms with van der Waals surface area (Å²) in [5.74, 6) is -0.251. The lowest BCUT2D eigenvalue weighted by atomic mass is 9.80. The largest absolute Gasteiger partial charge is 0.481 e. The van der Waals surface area contributed by atoms with E-state index in [1.54, 1.807) is 0 Å². The third kappa shape index (κ3) is 2.42. The van der Waals surface area contributed by atoms with Gasteiger partial charge in [0.25, 0.3) is 0 Å². The molecule has 6 nitrogen and oxygen atoms in total. The van der Waals surface area contributed by atoms with E-state index in [4.69, 9.17) is 5.11 Å². The summed E-state index contributed by atoms with van der Waals surface area (Å²) in [6, 6.07) is 7.77. The molecular weight excluding hydrogens is 244 g/mol. The highest BCUT2D eigenvalue weighted by molar-refractivity contribution is 5.71. The molecule has 98 valence electrons. The van der Waals surface area contributed by atoms with Crippen LogP contribution in [0, 0.1) is 5.92 Å². The van der Waals surface area contributed by atoms with E-state index in [0.29, 0.717) is 18.7 Å². The average Bonchev–Trinajstić information content (AvgIpc) is 2.87. The van der Waals surface area contributed by atoms with Crippen LogP contribution in [-0.4, -0.2) is 32.3 Å². The number of nitrogens with zero attached hydrogens (tertiary/aromatic N) is 2. The van der Waals surface area contributed by atoms with Crippen LogP contribution >= 0.6 is 0 Å². The number of H-pyrrole nitrogens is 1. The first-order valence-electron chi connectivity index (χ1n) is 6.19. The van der Waals surface area contributed by atoms with Gasteiger partial charge in [0.2, 0.25) is 0 Å². The van der Waals surface area contributed by atoms with Crippen LogP contribution in [0.5, 0.6) is 0 Å². The molecule has 6 heteroatoms. The SMILES string of the molecule is O=C(O)C1CC(Nc2ccc(-c3ccc[nH]3)nn2)C1. The van der Waals surface area contributed by atoms with E-state index in [1.165, 1.54) is 0 Å². The molecular formula is C13H14N4O2. The van der Waals surface area contributed by atoms with Gasteiger partial charge in [0.1, 0.15) is 11.5 Å². The zero-order valence-corrected chi connectivity index (χ0v) is 10.2. The van der Waals surface area contributed by atoms with Crippen molar-refractivity contribution < 1.29 is 9.90 Å². The number of aromatic amines is 1. The van der Waals surface area contributed by atoms with Gasteiger partial charge >= 0.3 is 5.97 Å². The van der Waals surface area contributed by atoms with E-state index in [2.05, 4.69) is 20.5 Å². The van der Waals surface area contributed by atoms with Crippen molar-refractivity contribution in [1.82, 2.24) is 15.2 Å². The Morgan fingerprint density at radius 3 is 2.74 bits per heavy atom. The van der Waals surface area contributed by atoms with Crippen LogP contribution in [-0.2, 0) is 4.79 Å². The fraction of sp³-hybridized carbons (Fsp3) is 0.308. The van der Waals surface area contributed by atoms with E-state index in [1.807, 2.05) is 30.5 Å². The molecule has 0 atom stereocenters. The van der Waals surface area contributed by atoms with Gasteiger partial charge < -0.3 is 15.4 Å². The third-order valence-corrected chi connectivity index (χ3v) is 3.38. The summed E-state index contributed by atoms with van der Waals surface area (Å²) in [6.45, 7) is 0. The van der Waals surface area contributed by atoms with Gasteiger partial charge in [-0.3, -0.25) is 4.79 Å². The summed E-state index contributed by atoms with van der Waals surface area (Å²) in [5, 5.41) is 20.2. The summed E-state index contributed by atoms with van der Waals surface area (Å²) in [5.41, 5.74) is 1.71. The van der Waals surface area contributed by atoms with Gasteiger partial charge in [-0.1, -0.05) is 0 Å². The lowest BCUT2D eigenvalue weighted by molar-refractivity contribution is -0.144. The Morgan fingerprint density at radius 2 is 2.16 bits per heavy atom. The molecule has 0 unspecified atom stereocenters. The first-order chi connectivity index (χ1) is 9.22. The number of carboxylic acid groups (broad SMARTS) is 1. The molecule has 0 amide bonds. The molecule has 0 radical (unpaired) electrons. The number of carbonyl (C=O) groups is 1. The van der Waals surface area contributed by atoms with E-state index in [-0.39, 0.29) is 12.0 Å². The van der Waals surface area contributed by atoms with Crippen molar-refractivity contribution in [2.45, 2.75) is 18.9 Å². The van der Waals surface area contributed by atoms with Crippen LogP contribution in [0.1, 0.15) is 12.8 Å². The Hall–Kier alpha value is -2.37. The molecule has 3 rings (SSSR count). The van der Waals surface area contributed by atoms with Gasteiger partial charge in [0.05, 0.1) is 11.6 Å². The summed E-state index contributed by atoms with van der Waals surface area (Å²) >= 11 is 0. The quantitative estimate of drug-likeness (QED) is 0.777. The number of aromatic nitrogens is 3. The predicted octanol–water partition coefficient (Wildman–Crippen LogP) is 1.75. The van der Waals surface area contributed by atoms with Gasteiger partial charge in [0.15, 0.2) is 0 Å². The number of rotatable bonds is 4. The molecule has 0 saturated heterocycles. The minimum atomic E-state index is -0.716. The summed E-state index contributed by atoms with van der Waals surface area (Å²) < 4.78 is 0. The molecule has 2 aromatic rings. The Kier molecular flexibility index (Phi) is 2.91. The average molecular weight is 258 g/mol. The second kappa shape index (κ2) is 4.72. The first kappa shape index (κ1) is 11.7. The Bertz CT molecular complexity index is 559. The predicted molar refractivity (Wildman–Crippen MR) is 69.6 cm³/mol. The van der Waals surface area contributed by atoms with Crippen molar-refractivity contribution >= 4 is 11.8 Å². The van der Waals surface area contributed by atoms with E-state index >= 15 is 0 Å². The molecule has 2 aromatic heterocycles. The van der Waals surface area contributed by atoms with Crippen LogP contribution in [0.3, 0.4) is 0 Å². The zero-order valence-electron chi connectivity index (χ0n) is 10.2. The molecule has 2 heterocycles. The van der Waals surface area contributed by atoms with Crippen molar-refractivity contribution in [2.75, 3.05) is 5.32 Å². The molecule has 0 aromatic carbocycles. The lowest BCUT2D eigenvalue weighted by Crippen LogP contribution is -2.39. The highest BCUT2D eigenvalue weighted by Gasteiger charge is 2.34. The molecule has 1 aliphatic carbocycles. The van der Waals surface area contributed by atoms with E-state index in [9.17, 15) is 4.79 Å². The number of carboxylic acids is 1. The van der Waals surface area contributed by atoms with Crippen molar-refractivity contribution in [2.24, 2.45) is 5.92 Å². The van der Waals surface area contributed by atoms with Crippen LogP contribution in [0.25, 0.3) is 11.4 Å². The van der Waals surface area contributed by atoms with Gasteiger partial charge in [-0.05, 0) is 37.1 Å². The van der Waals surface area contributed by atoms with E-state index in [0.717, 1.165) is 11.4 Å². The van der Waals surface area contributed by atoms with Crippen LogP contribution in [0.15, 0.2) is 30.5 Å². The lowest BCUT2D eigenvalue weighted by Gasteiger charge is -2.33. The maximum atomic E-state index is 10.7. The molecule has 1 aliphatic rings. The standard InChI is InChI=1S/C13H14N4O2/c18-13(19)8-6-9(7-8)15-12-4-3-11(16-17-12)10-2-1-5-14-10/h1-5,8-9,14H,6-7H2,(H,15,17)(H,18,19). The first-order valence-corrected chi connectivity index (χ1v) is 6.19. The van der Waals surface area contributed by atoms with Gasteiger partial charge in [-0.25, -0.2) is 0 Å². The van der Waals surface area contributed by atoms with Gasteiger partial charge in [0, 0.05) is 12.2 Å². The summed E-state index contributed by atoms with van der Waals surface area (Å²) in [6.07, 6.45) is 3.13. The zero-order chi connectivity index (χ0) is 13.2. The smallest absolute Gasteiger partial charge is 0.306 e. The Labute approximate surface area is 109 Å². The number of aliphatic carboxylic acids is 1. The monoisotopic (exact) mass is 258 g/mol. The second-order valence-electron chi connectivity index (χ2n) is 4.74. The highest BCUT2D eigenvalue weighted by atomic mass is 16.4. The van der Waals surface area contributed by atoms with Gasteiger partial charge in [-0.2, -0.15) is 0 Å². The second-order valence-corrected chi connectivity index (χ2v) is 4.74. The molecule has 1 saturated carbocycles. The van der Waals surface area contributed by atoms with Gasteiger partial charge in [-0.15, -0.1) is 10.2 Å². The summed E-state index contributed by atoms with van der Waals surface area (Å²) in [7, 11) is 0. The van der Waals surface area contributed by atoms with Crippen molar-refractivity contribution in [3.8, 4) is 11.4 Å². The Morgan fingerprint density at radius 1 is 1.32 bits per heavy atom. The third-order valence-electron chi connectivity index (χ3n) is 3.38. The van der Waals surface area contributed by atoms with Crippen molar-refractivity contribution in [3.63, 3.8) is 0 Å². The normalized spacial score (nSPS) is 21.7. The number of anilines is 1. The van der Waals surface area contributed by atoms with Crippen LogP contribution in [0.4, 0.5) is 5.82 Å². The fourth-order valence-corrected chi connectivity index (χ4v) is 2.19. The van der Waals surface area contributed by atoms with Crippen LogP contribution < -0.4 is 5.32 Å². The van der Waals surface area contributed by atoms with E-state index < -0.39 is 5.97 Å². The minimum absolute atomic E-state index is 0.187. The molecule has 0 spiro atoms. The minimum Gasteiger partial charge on any atom is -0.481 e. The number of nitrogens with one attached hydrogen (secondary N) is 2. The molecule has 19 heavy (non-hydrogen) atoms. The topological polar surface area (TPSA) is 90.9 Å². The maximum absolute atomic E-state index is 10.7. The molecule has 1 fully saturated rings. The number of hydrogen-bond acceptors (Lipinski definition) is 4. The maximum Gasteiger partial charge on any atom is 0.306 e. The number of hydrogen-bond donors (Lipinski definition) is 3. The molecule has 3 N–H and O–H groups in total. The fourth-order valence-electron chi connectivity index (χ4n) is 2.19. The molecule has 0 bridgehead atoms. The summed E-state index contributed by atoms with van der Waals surface area (Å²) in [4.78, 5) is 13.8. The van der Waals surface area contributed by atoms with Crippen molar-refractivity contribution in [3.05, 3.63) is 30.5 Å². The highest BCUT2D eigenvalue weighted by Crippen LogP contribution is 2.29. The van der Waals surface area contributed by atoms with Crippen LogP contribution in [0.2, 0.25) is 0 Å². The van der Waals surface area contributed by atoms with Crippen molar-refractivity contribution in [1.29, 1.82) is 0 Å².